The fourth-order valence-corrected chi connectivity index (χ4v) is 2.50. The molecule has 1 N–H and O–H groups in total. The van der Waals surface area contributed by atoms with E-state index in [4.69, 9.17) is 0 Å². The third kappa shape index (κ3) is 3.31. The minimum absolute atomic E-state index is 0.234. The molecule has 0 bridgehead atoms. The molecular formula is C9H18FNS. The molecule has 0 aliphatic heterocycles. The Hall–Kier alpha value is 0.240. The lowest BCUT2D eigenvalue weighted by Crippen LogP contribution is -2.35. The van der Waals surface area contributed by atoms with Crippen LogP contribution in [0.3, 0.4) is 0 Å². The number of rotatable bonds is 4. The molecule has 3 heteroatoms. The molecule has 0 aromatic heterocycles. The maximum Gasteiger partial charge on any atom is 0.102 e. The summed E-state index contributed by atoms with van der Waals surface area (Å²) in [6, 6.07) is 0.587. The van der Waals surface area contributed by atoms with Crippen molar-refractivity contribution >= 4 is 11.8 Å². The molecule has 0 radical (unpaired) electrons. The minimum atomic E-state index is -0.234. The second-order valence-corrected chi connectivity index (χ2v) is 4.49. The van der Waals surface area contributed by atoms with E-state index in [2.05, 4.69) is 11.6 Å². The summed E-state index contributed by atoms with van der Waals surface area (Å²) in [7, 11) is 0. The van der Waals surface area contributed by atoms with Crippen molar-refractivity contribution in [2.75, 3.05) is 19.5 Å². The van der Waals surface area contributed by atoms with Crippen LogP contribution in [0.1, 0.15) is 25.7 Å². The zero-order valence-electron chi connectivity index (χ0n) is 7.68. The van der Waals surface area contributed by atoms with Crippen molar-refractivity contribution < 1.29 is 4.39 Å². The molecule has 0 unspecified atom stereocenters. The van der Waals surface area contributed by atoms with Crippen LogP contribution in [0.5, 0.6) is 0 Å². The lowest BCUT2D eigenvalue weighted by atomic mass is 9.95. The van der Waals surface area contributed by atoms with Gasteiger partial charge in [-0.1, -0.05) is 0 Å². The Kier molecular flexibility index (Phi) is 5.00. The van der Waals surface area contributed by atoms with Crippen LogP contribution >= 0.6 is 11.8 Å². The molecule has 1 fully saturated rings. The van der Waals surface area contributed by atoms with Gasteiger partial charge in [-0.25, -0.2) is 4.39 Å². The van der Waals surface area contributed by atoms with E-state index in [1.165, 1.54) is 25.7 Å². The molecule has 0 heterocycles. The average molecular weight is 191 g/mol. The second kappa shape index (κ2) is 5.81. The van der Waals surface area contributed by atoms with Gasteiger partial charge in [-0.3, -0.25) is 0 Å². The lowest BCUT2D eigenvalue weighted by molar-refractivity contribution is 0.358. The molecule has 12 heavy (non-hydrogen) atoms. The molecule has 0 aromatic rings. The molecule has 0 spiro atoms. The van der Waals surface area contributed by atoms with Crippen molar-refractivity contribution in [3.8, 4) is 0 Å². The van der Waals surface area contributed by atoms with E-state index >= 15 is 0 Å². The molecule has 1 saturated carbocycles. The first-order valence-corrected chi connectivity index (χ1v) is 5.97. The Labute approximate surface area is 78.5 Å². The molecule has 0 atom stereocenters. The van der Waals surface area contributed by atoms with Crippen LogP contribution in [0.15, 0.2) is 0 Å². The van der Waals surface area contributed by atoms with Crippen molar-refractivity contribution in [3.05, 3.63) is 0 Å². The number of thioether (sulfide) groups is 1. The third-order valence-corrected chi connectivity index (χ3v) is 3.67. The maximum absolute atomic E-state index is 11.8. The summed E-state index contributed by atoms with van der Waals surface area (Å²) >= 11 is 1.97. The largest absolute Gasteiger partial charge is 0.311 e. The van der Waals surface area contributed by atoms with Gasteiger partial charge in [0.05, 0.1) is 0 Å². The molecule has 72 valence electrons. The Balaban J connectivity index is 2.09. The van der Waals surface area contributed by atoms with Gasteiger partial charge in [0, 0.05) is 17.8 Å². The van der Waals surface area contributed by atoms with Crippen LogP contribution in [-0.4, -0.2) is 30.8 Å². The maximum atomic E-state index is 11.8. The van der Waals surface area contributed by atoms with Crippen LogP contribution < -0.4 is 5.32 Å². The smallest absolute Gasteiger partial charge is 0.102 e. The van der Waals surface area contributed by atoms with Crippen LogP contribution in [0.25, 0.3) is 0 Å². The number of hydrogen-bond acceptors (Lipinski definition) is 2. The Morgan fingerprint density at radius 1 is 1.33 bits per heavy atom. The van der Waals surface area contributed by atoms with Gasteiger partial charge >= 0.3 is 0 Å². The van der Waals surface area contributed by atoms with Crippen molar-refractivity contribution in [3.63, 3.8) is 0 Å². The molecular weight excluding hydrogens is 173 g/mol. The standard InChI is InChI=1S/C9H18FNS/c1-12-9-4-2-8(3-5-9)11-7-6-10/h8-9,11H,2-7H2,1H3. The van der Waals surface area contributed by atoms with E-state index in [9.17, 15) is 4.39 Å². The van der Waals surface area contributed by atoms with Gasteiger partial charge in [-0.05, 0) is 31.9 Å². The molecule has 1 nitrogen and oxygen atoms in total. The Morgan fingerprint density at radius 3 is 2.50 bits per heavy atom. The average Bonchev–Trinajstić information content (AvgIpc) is 2.15. The van der Waals surface area contributed by atoms with Gasteiger partial charge in [0.15, 0.2) is 0 Å². The number of halogens is 1. The van der Waals surface area contributed by atoms with Gasteiger partial charge in [-0.2, -0.15) is 11.8 Å². The highest BCUT2D eigenvalue weighted by atomic mass is 32.2. The van der Waals surface area contributed by atoms with Crippen LogP contribution in [-0.2, 0) is 0 Å². The summed E-state index contributed by atoms with van der Waals surface area (Å²) in [5, 5.41) is 4.09. The highest BCUT2D eigenvalue weighted by Crippen LogP contribution is 2.26. The van der Waals surface area contributed by atoms with E-state index in [1.54, 1.807) is 0 Å². The quantitative estimate of drug-likeness (QED) is 0.731. The monoisotopic (exact) mass is 191 g/mol. The Bertz CT molecular complexity index is 113. The molecule has 0 aromatic carbocycles. The number of hydrogen-bond donors (Lipinski definition) is 1. The SMILES string of the molecule is CSC1CCC(NCCF)CC1. The van der Waals surface area contributed by atoms with Crippen molar-refractivity contribution in [2.45, 2.75) is 37.0 Å². The van der Waals surface area contributed by atoms with E-state index < -0.39 is 0 Å². The zero-order chi connectivity index (χ0) is 8.81. The summed E-state index contributed by atoms with van der Waals surface area (Å²) in [6.07, 6.45) is 7.23. The third-order valence-electron chi connectivity index (χ3n) is 2.54. The molecule has 1 aliphatic rings. The predicted molar refractivity (Wildman–Crippen MR) is 53.5 cm³/mol. The van der Waals surface area contributed by atoms with Crippen molar-refractivity contribution in [2.24, 2.45) is 0 Å². The van der Waals surface area contributed by atoms with Crippen LogP contribution in [0.2, 0.25) is 0 Å². The second-order valence-electron chi connectivity index (χ2n) is 3.35. The first-order chi connectivity index (χ1) is 5.86. The molecule has 0 amide bonds. The van der Waals surface area contributed by atoms with Crippen LogP contribution in [0.4, 0.5) is 4.39 Å². The van der Waals surface area contributed by atoms with E-state index in [0.29, 0.717) is 12.6 Å². The topological polar surface area (TPSA) is 12.0 Å². The summed E-state index contributed by atoms with van der Waals surface area (Å²) in [5.74, 6) is 0. The normalized spacial score (nSPS) is 30.5. The summed E-state index contributed by atoms with van der Waals surface area (Å²) in [5.41, 5.74) is 0. The van der Waals surface area contributed by atoms with Gasteiger partial charge < -0.3 is 5.32 Å². The number of alkyl halides is 1. The summed E-state index contributed by atoms with van der Waals surface area (Å²) < 4.78 is 11.8. The van der Waals surface area contributed by atoms with E-state index in [0.717, 1.165) is 5.25 Å². The zero-order valence-corrected chi connectivity index (χ0v) is 8.50. The fourth-order valence-electron chi connectivity index (χ4n) is 1.76. The predicted octanol–water partition coefficient (Wildman–Crippen LogP) is 2.22. The van der Waals surface area contributed by atoms with Crippen molar-refractivity contribution in [1.29, 1.82) is 0 Å². The van der Waals surface area contributed by atoms with Gasteiger partial charge in [0.2, 0.25) is 0 Å². The van der Waals surface area contributed by atoms with E-state index in [1.807, 2.05) is 11.8 Å². The van der Waals surface area contributed by atoms with Gasteiger partial charge in [-0.15, -0.1) is 0 Å². The Morgan fingerprint density at radius 2 is 2.00 bits per heavy atom. The van der Waals surface area contributed by atoms with Crippen LogP contribution in [0, 0.1) is 0 Å². The lowest BCUT2D eigenvalue weighted by Gasteiger charge is -2.27. The molecule has 1 aliphatic carbocycles. The highest BCUT2D eigenvalue weighted by molar-refractivity contribution is 7.99. The first-order valence-electron chi connectivity index (χ1n) is 4.69. The fraction of sp³-hybridized carbons (Fsp3) is 1.00. The number of nitrogens with one attached hydrogen (secondary N) is 1. The van der Waals surface area contributed by atoms with Gasteiger partial charge in [0.1, 0.15) is 6.67 Å². The minimum Gasteiger partial charge on any atom is -0.311 e. The molecule has 1 rings (SSSR count). The summed E-state index contributed by atoms with van der Waals surface area (Å²) in [6.45, 7) is 0.303. The molecule has 0 saturated heterocycles. The highest BCUT2D eigenvalue weighted by Gasteiger charge is 2.19. The first kappa shape index (κ1) is 10.3. The summed E-state index contributed by atoms with van der Waals surface area (Å²) in [4.78, 5) is 0. The van der Waals surface area contributed by atoms with Crippen molar-refractivity contribution in [1.82, 2.24) is 5.32 Å². The van der Waals surface area contributed by atoms with Gasteiger partial charge in [0.25, 0.3) is 0 Å². The van der Waals surface area contributed by atoms with E-state index in [-0.39, 0.29) is 6.67 Å².